The van der Waals surface area contributed by atoms with Crippen LogP contribution in [0.25, 0.3) is 0 Å². The minimum Gasteiger partial charge on any atom is -0.466 e. The third kappa shape index (κ3) is 5.80. The van der Waals surface area contributed by atoms with E-state index >= 15 is 0 Å². The lowest BCUT2D eigenvalue weighted by atomic mass is 9.85. The van der Waals surface area contributed by atoms with E-state index in [1.165, 1.54) is 6.42 Å². The Bertz CT molecular complexity index is 867. The zero-order chi connectivity index (χ0) is 24.8. The van der Waals surface area contributed by atoms with Crippen LogP contribution in [0.1, 0.15) is 70.4 Å². The number of esters is 1. The average molecular weight is 486 g/mol. The smallest absolute Gasteiger partial charge is 0.318 e. The van der Waals surface area contributed by atoms with E-state index in [1.807, 2.05) is 37.3 Å². The zero-order valence-electron chi connectivity index (χ0n) is 20.9. The van der Waals surface area contributed by atoms with Gasteiger partial charge in [0.05, 0.1) is 24.7 Å². The van der Waals surface area contributed by atoms with Crippen molar-refractivity contribution in [2.75, 3.05) is 19.8 Å². The first kappa shape index (κ1) is 25.5. The van der Waals surface area contributed by atoms with Gasteiger partial charge in [-0.25, -0.2) is 4.79 Å². The van der Waals surface area contributed by atoms with Crippen molar-refractivity contribution in [3.05, 3.63) is 35.9 Å². The summed E-state index contributed by atoms with van der Waals surface area (Å²) in [6.45, 7) is 5.00. The number of rotatable bonds is 7. The molecule has 2 saturated heterocycles. The summed E-state index contributed by atoms with van der Waals surface area (Å²) < 4.78 is 11.1. The molecule has 3 fully saturated rings. The number of hydrogen-bond acceptors (Lipinski definition) is 5. The number of hydrogen-bond donors (Lipinski definition) is 2. The van der Waals surface area contributed by atoms with Gasteiger partial charge < -0.3 is 25.0 Å². The summed E-state index contributed by atoms with van der Waals surface area (Å²) in [4.78, 5) is 42.2. The number of nitrogens with zero attached hydrogens (tertiary/aromatic N) is 1. The Balaban J connectivity index is 1.65. The van der Waals surface area contributed by atoms with E-state index in [1.54, 1.807) is 11.8 Å². The number of urea groups is 1. The number of ether oxygens (including phenoxy) is 2. The van der Waals surface area contributed by atoms with E-state index in [2.05, 4.69) is 10.6 Å². The summed E-state index contributed by atoms with van der Waals surface area (Å²) in [6, 6.07) is 7.93. The van der Waals surface area contributed by atoms with Crippen LogP contribution in [0.15, 0.2) is 30.3 Å². The number of nitrogens with one attached hydrogen (secondary N) is 2. The molecule has 0 radical (unpaired) electrons. The average Bonchev–Trinajstić information content (AvgIpc) is 3.50. The molecule has 0 aromatic heterocycles. The Kier molecular flexibility index (Phi) is 8.65. The van der Waals surface area contributed by atoms with Gasteiger partial charge in [0, 0.05) is 25.1 Å². The van der Waals surface area contributed by atoms with Gasteiger partial charge in [0.25, 0.3) is 0 Å². The molecule has 2 heterocycles. The molecular formula is C27H39N3O5. The van der Waals surface area contributed by atoms with Crippen molar-refractivity contribution in [3.8, 4) is 0 Å². The topological polar surface area (TPSA) is 97.0 Å². The molecule has 1 aromatic carbocycles. The SMILES string of the molecule is CCOC(=O)C1C(C)C(C(=O)NCC2CCCO2)N(C(=O)NC2CCCCC2)C1c1ccccc1. The Labute approximate surface area is 208 Å². The highest BCUT2D eigenvalue weighted by Crippen LogP contribution is 2.45. The van der Waals surface area contributed by atoms with Crippen LogP contribution < -0.4 is 10.6 Å². The van der Waals surface area contributed by atoms with Gasteiger partial charge in [-0.15, -0.1) is 0 Å². The maximum absolute atomic E-state index is 13.8. The van der Waals surface area contributed by atoms with E-state index in [4.69, 9.17) is 9.47 Å². The Morgan fingerprint density at radius 1 is 1.06 bits per heavy atom. The molecule has 8 heteroatoms. The van der Waals surface area contributed by atoms with E-state index < -0.39 is 23.9 Å². The summed E-state index contributed by atoms with van der Waals surface area (Å²) >= 11 is 0. The van der Waals surface area contributed by atoms with Gasteiger partial charge >= 0.3 is 12.0 Å². The Morgan fingerprint density at radius 3 is 2.46 bits per heavy atom. The molecule has 5 unspecified atom stereocenters. The van der Waals surface area contributed by atoms with Crippen LogP contribution in [-0.2, 0) is 19.1 Å². The monoisotopic (exact) mass is 485 g/mol. The fraction of sp³-hybridized carbons (Fsp3) is 0.667. The molecule has 35 heavy (non-hydrogen) atoms. The van der Waals surface area contributed by atoms with Crippen molar-refractivity contribution in [1.82, 2.24) is 15.5 Å². The van der Waals surface area contributed by atoms with Crippen molar-refractivity contribution in [2.45, 2.75) is 83.0 Å². The molecule has 2 N–H and O–H groups in total. The third-order valence-corrected chi connectivity index (χ3v) is 7.67. The second-order valence-corrected chi connectivity index (χ2v) is 10.0. The first-order valence-electron chi connectivity index (χ1n) is 13.2. The van der Waals surface area contributed by atoms with Crippen molar-refractivity contribution < 1.29 is 23.9 Å². The Morgan fingerprint density at radius 2 is 1.80 bits per heavy atom. The second-order valence-electron chi connectivity index (χ2n) is 10.0. The van der Waals surface area contributed by atoms with Crippen molar-refractivity contribution in [2.24, 2.45) is 11.8 Å². The molecule has 0 spiro atoms. The van der Waals surface area contributed by atoms with Crippen molar-refractivity contribution >= 4 is 17.9 Å². The van der Waals surface area contributed by atoms with Crippen LogP contribution in [0.5, 0.6) is 0 Å². The summed E-state index contributed by atoms with van der Waals surface area (Å²) in [5, 5.41) is 6.20. The molecule has 1 saturated carbocycles. The normalized spacial score (nSPS) is 29.1. The summed E-state index contributed by atoms with van der Waals surface area (Å²) in [7, 11) is 0. The third-order valence-electron chi connectivity index (χ3n) is 7.67. The fourth-order valence-electron chi connectivity index (χ4n) is 5.92. The molecular weight excluding hydrogens is 446 g/mol. The molecule has 3 amide bonds. The fourth-order valence-corrected chi connectivity index (χ4v) is 5.92. The first-order valence-corrected chi connectivity index (χ1v) is 13.2. The highest BCUT2D eigenvalue weighted by molar-refractivity contribution is 5.91. The lowest BCUT2D eigenvalue weighted by molar-refractivity contribution is -0.150. The lowest BCUT2D eigenvalue weighted by Crippen LogP contribution is -2.54. The highest BCUT2D eigenvalue weighted by atomic mass is 16.5. The maximum Gasteiger partial charge on any atom is 0.318 e. The van der Waals surface area contributed by atoms with Gasteiger partial charge in [-0.1, -0.05) is 56.5 Å². The number of carbonyl (C=O) groups is 3. The van der Waals surface area contributed by atoms with Gasteiger partial charge in [-0.3, -0.25) is 9.59 Å². The predicted molar refractivity (Wildman–Crippen MR) is 131 cm³/mol. The molecule has 3 aliphatic rings. The molecule has 0 bridgehead atoms. The summed E-state index contributed by atoms with van der Waals surface area (Å²) in [5.41, 5.74) is 0.825. The van der Waals surface area contributed by atoms with Gasteiger partial charge in [0.2, 0.25) is 5.91 Å². The summed E-state index contributed by atoms with van der Waals surface area (Å²) in [5.74, 6) is -1.69. The minimum atomic E-state index is -0.792. The molecule has 1 aliphatic carbocycles. The largest absolute Gasteiger partial charge is 0.466 e. The van der Waals surface area contributed by atoms with Gasteiger partial charge in [-0.2, -0.15) is 0 Å². The lowest BCUT2D eigenvalue weighted by Gasteiger charge is -2.34. The minimum absolute atomic E-state index is 0.00838. The molecule has 8 nitrogen and oxygen atoms in total. The molecule has 4 rings (SSSR count). The Hall–Kier alpha value is -2.61. The van der Waals surface area contributed by atoms with Crippen LogP contribution in [0, 0.1) is 11.8 Å². The van der Waals surface area contributed by atoms with Gasteiger partial charge in [-0.05, 0) is 38.2 Å². The van der Waals surface area contributed by atoms with E-state index in [9.17, 15) is 14.4 Å². The van der Waals surface area contributed by atoms with Crippen molar-refractivity contribution in [1.29, 1.82) is 0 Å². The number of likely N-dealkylation sites (tertiary alicyclic amines) is 1. The van der Waals surface area contributed by atoms with Crippen LogP contribution in [0.3, 0.4) is 0 Å². The number of amides is 3. The van der Waals surface area contributed by atoms with E-state index in [0.717, 1.165) is 44.1 Å². The van der Waals surface area contributed by atoms with Gasteiger partial charge in [0.15, 0.2) is 0 Å². The van der Waals surface area contributed by atoms with E-state index in [-0.39, 0.29) is 36.7 Å². The van der Waals surface area contributed by atoms with Crippen molar-refractivity contribution in [3.63, 3.8) is 0 Å². The van der Waals surface area contributed by atoms with Crippen LogP contribution >= 0.6 is 0 Å². The molecule has 2 aliphatic heterocycles. The maximum atomic E-state index is 13.8. The predicted octanol–water partition coefficient (Wildman–Crippen LogP) is 3.56. The van der Waals surface area contributed by atoms with Gasteiger partial charge in [0.1, 0.15) is 6.04 Å². The highest BCUT2D eigenvalue weighted by Gasteiger charge is 2.56. The zero-order valence-corrected chi connectivity index (χ0v) is 20.9. The number of carbonyl (C=O) groups excluding carboxylic acids is 3. The number of benzene rings is 1. The molecule has 5 atom stereocenters. The molecule has 192 valence electrons. The van der Waals surface area contributed by atoms with E-state index in [0.29, 0.717) is 13.2 Å². The standard InChI is InChI=1S/C27H39N3O5/c1-3-34-26(32)22-18(2)23(25(31)28-17-21-15-10-16-35-21)30(24(22)19-11-6-4-7-12-19)27(33)29-20-13-8-5-9-14-20/h4,6-7,11-12,18,20-24H,3,5,8-10,13-17H2,1-2H3,(H,28,31)(H,29,33). The first-order chi connectivity index (χ1) is 17.0. The van der Waals surface area contributed by atoms with Crippen LogP contribution in [0.2, 0.25) is 0 Å². The quantitative estimate of drug-likeness (QED) is 0.576. The van der Waals surface area contributed by atoms with Crippen LogP contribution in [-0.4, -0.2) is 60.8 Å². The molecule has 1 aromatic rings. The second kappa shape index (κ2) is 11.9. The van der Waals surface area contributed by atoms with Crippen LogP contribution in [0.4, 0.5) is 4.79 Å². The summed E-state index contributed by atoms with van der Waals surface area (Å²) in [6.07, 6.45) is 7.09.